The Morgan fingerprint density at radius 3 is 2.25 bits per heavy atom. The maximum absolute atomic E-state index is 12.3. The molecule has 4 rings (SSSR count). The lowest BCUT2D eigenvalue weighted by molar-refractivity contribution is -0.116. The van der Waals surface area contributed by atoms with Crippen LogP contribution in [0.15, 0.2) is 36.7 Å². The van der Waals surface area contributed by atoms with Crippen molar-refractivity contribution in [1.29, 1.82) is 0 Å². The van der Waals surface area contributed by atoms with Gasteiger partial charge in [0.1, 0.15) is 17.3 Å². The quantitative estimate of drug-likeness (QED) is 0.479. The second-order valence-corrected chi connectivity index (χ2v) is 8.45. The van der Waals surface area contributed by atoms with Gasteiger partial charge in [-0.05, 0) is 31.5 Å². The number of nitrogens with zero attached hydrogens (tertiary/aromatic N) is 5. The molecule has 36 heavy (non-hydrogen) atoms. The van der Waals surface area contributed by atoms with Crippen LogP contribution < -0.4 is 15.5 Å². The number of carbonyl (C=O) groups excluding carboxylic acids is 3. The molecule has 3 heterocycles. The number of hydrogen-bond acceptors (Lipinski definition) is 9. The lowest BCUT2D eigenvalue weighted by Gasteiger charge is -2.29. The number of carbonyl (C=O) groups is 3. The molecule has 2 amide bonds. The minimum atomic E-state index is -0.512. The molecule has 0 aliphatic carbocycles. The number of benzene rings is 1. The van der Waals surface area contributed by atoms with Gasteiger partial charge in [-0.25, -0.2) is 24.7 Å². The summed E-state index contributed by atoms with van der Waals surface area (Å²) < 4.78 is 5.43. The highest BCUT2D eigenvalue weighted by atomic mass is 16.5. The average Bonchev–Trinajstić information content (AvgIpc) is 2.86. The predicted molar refractivity (Wildman–Crippen MR) is 134 cm³/mol. The van der Waals surface area contributed by atoms with Crippen molar-refractivity contribution in [2.75, 3.05) is 41.8 Å². The number of urea groups is 1. The molecule has 0 spiro atoms. The third kappa shape index (κ3) is 6.05. The number of aromatic nitrogens is 4. The molecule has 1 aromatic carbocycles. The molecule has 0 radical (unpaired) electrons. The molecule has 1 aliphatic heterocycles. The zero-order valence-corrected chi connectivity index (χ0v) is 20.4. The third-order valence-electron chi connectivity index (χ3n) is 5.56. The Morgan fingerprint density at radius 2 is 1.64 bits per heavy atom. The summed E-state index contributed by atoms with van der Waals surface area (Å²) in [6.07, 6.45) is 3.34. The first-order valence-electron chi connectivity index (χ1n) is 11.5. The maximum atomic E-state index is 12.3. The van der Waals surface area contributed by atoms with Crippen molar-refractivity contribution in [2.45, 2.75) is 27.2 Å². The van der Waals surface area contributed by atoms with Gasteiger partial charge < -0.3 is 15.0 Å². The van der Waals surface area contributed by atoms with Gasteiger partial charge >= 0.3 is 6.03 Å². The summed E-state index contributed by atoms with van der Waals surface area (Å²) in [5.74, 6) is 1.02. The summed E-state index contributed by atoms with van der Waals surface area (Å²) in [4.78, 5) is 55.4. The molecule has 0 saturated carbocycles. The number of ketones is 2. The van der Waals surface area contributed by atoms with Gasteiger partial charge in [0.2, 0.25) is 5.95 Å². The number of nitrogens with one attached hydrogen (secondary N) is 2. The number of hydrogen-bond donors (Lipinski definition) is 2. The van der Waals surface area contributed by atoms with E-state index in [0.29, 0.717) is 61.3 Å². The topological polar surface area (TPSA) is 139 Å². The van der Waals surface area contributed by atoms with Crippen LogP contribution in [0.3, 0.4) is 0 Å². The number of ether oxygens (including phenoxy) is 1. The van der Waals surface area contributed by atoms with Gasteiger partial charge in [-0.2, -0.15) is 0 Å². The van der Waals surface area contributed by atoms with Crippen molar-refractivity contribution >= 4 is 35.1 Å². The van der Waals surface area contributed by atoms with Crippen molar-refractivity contribution in [2.24, 2.45) is 0 Å². The Labute approximate surface area is 208 Å². The lowest BCUT2D eigenvalue weighted by Crippen LogP contribution is -2.37. The first-order chi connectivity index (χ1) is 17.3. The smallest absolute Gasteiger partial charge is 0.326 e. The second kappa shape index (κ2) is 11.0. The SMILES string of the molecule is CC(=O)Cc1ccc(NC(=O)Nc2ncc(-c3nc(C(C)=O)c(C)c(N4CCOCC4)n3)cn2)cc1. The van der Waals surface area contributed by atoms with E-state index in [1.54, 1.807) is 24.3 Å². The Kier molecular flexibility index (Phi) is 7.59. The molecule has 3 aromatic rings. The van der Waals surface area contributed by atoms with Gasteiger partial charge in [-0.15, -0.1) is 0 Å². The second-order valence-electron chi connectivity index (χ2n) is 8.45. The van der Waals surface area contributed by atoms with E-state index in [2.05, 4.69) is 35.5 Å². The summed E-state index contributed by atoms with van der Waals surface area (Å²) >= 11 is 0. The molecule has 11 heteroatoms. The molecule has 11 nitrogen and oxygen atoms in total. The van der Waals surface area contributed by atoms with E-state index in [1.165, 1.54) is 26.2 Å². The summed E-state index contributed by atoms with van der Waals surface area (Å²) in [5.41, 5.74) is 3.02. The third-order valence-corrected chi connectivity index (χ3v) is 5.56. The van der Waals surface area contributed by atoms with Crippen LogP contribution in [0.5, 0.6) is 0 Å². The Balaban J connectivity index is 1.47. The van der Waals surface area contributed by atoms with Gasteiger partial charge in [0.15, 0.2) is 11.6 Å². The van der Waals surface area contributed by atoms with Crippen LogP contribution in [-0.4, -0.2) is 63.8 Å². The highest BCUT2D eigenvalue weighted by molar-refractivity contribution is 5.98. The largest absolute Gasteiger partial charge is 0.378 e. The fraction of sp³-hybridized carbons (Fsp3) is 0.320. The van der Waals surface area contributed by atoms with Gasteiger partial charge in [-0.1, -0.05) is 12.1 Å². The summed E-state index contributed by atoms with van der Waals surface area (Å²) in [6.45, 7) is 7.35. The van der Waals surface area contributed by atoms with Crippen molar-refractivity contribution in [3.63, 3.8) is 0 Å². The van der Waals surface area contributed by atoms with E-state index in [9.17, 15) is 14.4 Å². The highest BCUT2D eigenvalue weighted by Gasteiger charge is 2.21. The fourth-order valence-electron chi connectivity index (χ4n) is 3.83. The van der Waals surface area contributed by atoms with Gasteiger partial charge in [-0.3, -0.25) is 14.9 Å². The molecule has 1 aliphatic rings. The van der Waals surface area contributed by atoms with E-state index >= 15 is 0 Å². The van der Waals surface area contributed by atoms with Gasteiger partial charge in [0, 0.05) is 50.1 Å². The Morgan fingerprint density at radius 1 is 0.972 bits per heavy atom. The van der Waals surface area contributed by atoms with Crippen LogP contribution in [0, 0.1) is 6.92 Å². The lowest BCUT2D eigenvalue weighted by atomic mass is 10.1. The van der Waals surface area contributed by atoms with E-state index in [1.807, 2.05) is 6.92 Å². The van der Waals surface area contributed by atoms with Crippen LogP contribution in [-0.2, 0) is 16.0 Å². The molecule has 186 valence electrons. The van der Waals surface area contributed by atoms with Crippen molar-refractivity contribution in [1.82, 2.24) is 19.9 Å². The van der Waals surface area contributed by atoms with Crippen LogP contribution >= 0.6 is 0 Å². The molecule has 1 fully saturated rings. The molecule has 2 N–H and O–H groups in total. The van der Waals surface area contributed by atoms with Crippen molar-refractivity contribution in [3.8, 4) is 11.4 Å². The van der Waals surface area contributed by atoms with E-state index in [-0.39, 0.29) is 17.5 Å². The molecule has 0 bridgehead atoms. The minimum Gasteiger partial charge on any atom is -0.378 e. The van der Waals surface area contributed by atoms with Crippen LogP contribution in [0.2, 0.25) is 0 Å². The van der Waals surface area contributed by atoms with Gasteiger partial charge in [0.25, 0.3) is 0 Å². The van der Waals surface area contributed by atoms with Crippen molar-refractivity contribution < 1.29 is 19.1 Å². The Hall–Kier alpha value is -4.25. The normalized spacial score (nSPS) is 13.2. The van der Waals surface area contributed by atoms with Crippen LogP contribution in [0.1, 0.15) is 35.5 Å². The van der Waals surface area contributed by atoms with E-state index < -0.39 is 6.03 Å². The monoisotopic (exact) mass is 489 g/mol. The number of morpholine rings is 1. The molecule has 2 aromatic heterocycles. The number of rotatable bonds is 7. The molecular weight excluding hydrogens is 462 g/mol. The first kappa shape index (κ1) is 24.9. The van der Waals surface area contributed by atoms with Crippen LogP contribution in [0.4, 0.5) is 22.2 Å². The fourth-order valence-corrected chi connectivity index (χ4v) is 3.83. The average molecular weight is 490 g/mol. The van der Waals surface area contributed by atoms with Crippen molar-refractivity contribution in [3.05, 3.63) is 53.5 Å². The summed E-state index contributed by atoms with van der Waals surface area (Å²) in [7, 11) is 0. The maximum Gasteiger partial charge on any atom is 0.326 e. The molecule has 0 unspecified atom stereocenters. The zero-order chi connectivity index (χ0) is 25.7. The predicted octanol–water partition coefficient (Wildman–Crippen LogP) is 3.06. The van der Waals surface area contributed by atoms with Crippen LogP contribution in [0.25, 0.3) is 11.4 Å². The summed E-state index contributed by atoms with van der Waals surface area (Å²) in [5, 5.41) is 5.27. The molecule has 0 atom stereocenters. The number of amides is 2. The van der Waals surface area contributed by atoms with E-state index in [4.69, 9.17) is 4.74 Å². The standard InChI is InChI=1S/C25H27N7O4/c1-15(33)12-18-4-6-20(7-5-18)28-25(35)31-24-26-13-19(14-27-24)22-29-21(17(3)34)16(2)23(30-22)32-8-10-36-11-9-32/h4-7,13-14H,8-12H2,1-3H3,(H2,26,27,28,31,35). The summed E-state index contributed by atoms with van der Waals surface area (Å²) in [6, 6.07) is 6.49. The minimum absolute atomic E-state index is 0.0694. The molecule has 1 saturated heterocycles. The van der Waals surface area contributed by atoms with E-state index in [0.717, 1.165) is 11.1 Å². The first-order valence-corrected chi connectivity index (χ1v) is 11.5. The highest BCUT2D eigenvalue weighted by Crippen LogP contribution is 2.25. The molecular formula is C25H27N7O4. The number of Topliss-reactive ketones (excluding diaryl/α,β-unsaturated/α-hetero) is 2. The number of anilines is 3. The Bertz CT molecular complexity index is 1270. The zero-order valence-electron chi connectivity index (χ0n) is 20.4. The van der Waals surface area contributed by atoms with Gasteiger partial charge in [0.05, 0.1) is 18.8 Å².